The lowest BCUT2D eigenvalue weighted by molar-refractivity contribution is -0.274. The van der Waals surface area contributed by atoms with Gasteiger partial charge in [-0.1, -0.05) is 0 Å². The summed E-state index contributed by atoms with van der Waals surface area (Å²) in [5, 5.41) is 2.39. The molecule has 0 aromatic heterocycles. The number of benzene rings is 1. The number of nitrogens with zero attached hydrogens (tertiary/aromatic N) is 1. The Bertz CT molecular complexity index is 605. The van der Waals surface area contributed by atoms with Crippen LogP contribution >= 0.6 is 0 Å². The first-order valence-corrected chi connectivity index (χ1v) is 5.75. The number of carbonyl (C=O) groups excluding carboxylic acids is 2. The molecular weight excluding hydrogens is 289 g/mol. The molecule has 21 heavy (non-hydrogen) atoms. The summed E-state index contributed by atoms with van der Waals surface area (Å²) in [6, 6.07) is 2.88. The molecule has 1 N–H and O–H groups in total. The number of carbonyl (C=O) groups is 2. The maximum absolute atomic E-state index is 12.0. The minimum Gasteiger partial charge on any atom is -0.406 e. The SMILES string of the molecule is C#CCC1NC(=O)N(c2ccc(OC(F)(F)F)cc2)C1=O. The summed E-state index contributed by atoms with van der Waals surface area (Å²) < 4.78 is 39.8. The molecule has 1 fully saturated rings. The lowest BCUT2D eigenvalue weighted by atomic mass is 10.2. The first kappa shape index (κ1) is 14.7. The zero-order valence-electron chi connectivity index (χ0n) is 10.5. The van der Waals surface area contributed by atoms with Crippen molar-refractivity contribution in [2.45, 2.75) is 18.8 Å². The number of imide groups is 1. The molecule has 0 spiro atoms. The molecule has 3 amide bonds. The summed E-state index contributed by atoms with van der Waals surface area (Å²) in [5.74, 6) is 1.26. The van der Waals surface area contributed by atoms with Gasteiger partial charge in [0.05, 0.1) is 5.69 Å². The Kier molecular flexibility index (Phi) is 3.76. The van der Waals surface area contributed by atoms with E-state index in [1.54, 1.807) is 0 Å². The molecule has 0 saturated carbocycles. The molecule has 1 aliphatic rings. The highest BCUT2D eigenvalue weighted by Gasteiger charge is 2.38. The summed E-state index contributed by atoms with van der Waals surface area (Å²) in [5.41, 5.74) is 0.131. The minimum atomic E-state index is -4.81. The Labute approximate surface area is 117 Å². The van der Waals surface area contributed by atoms with Gasteiger partial charge in [0.25, 0.3) is 5.91 Å². The van der Waals surface area contributed by atoms with Gasteiger partial charge in [-0.25, -0.2) is 9.69 Å². The number of urea groups is 1. The van der Waals surface area contributed by atoms with Crippen molar-refractivity contribution in [1.29, 1.82) is 0 Å². The number of alkyl halides is 3. The van der Waals surface area contributed by atoms with Crippen LogP contribution < -0.4 is 15.0 Å². The number of ether oxygens (including phenoxy) is 1. The van der Waals surface area contributed by atoms with E-state index in [2.05, 4.69) is 16.0 Å². The standard InChI is InChI=1S/C13H9F3N2O3/c1-2-3-10-11(19)18(12(20)17-10)8-4-6-9(7-5-8)21-13(14,15)16/h1,4-7,10H,3H2,(H,17,20). The average Bonchev–Trinajstić information content (AvgIpc) is 2.65. The van der Waals surface area contributed by atoms with Gasteiger partial charge in [-0.05, 0) is 24.3 Å². The molecule has 8 heteroatoms. The normalized spacial score (nSPS) is 18.4. The van der Waals surface area contributed by atoms with E-state index in [1.807, 2.05) is 0 Å². The van der Waals surface area contributed by atoms with E-state index in [1.165, 1.54) is 12.1 Å². The van der Waals surface area contributed by atoms with Crippen molar-refractivity contribution in [2.24, 2.45) is 0 Å². The second-order valence-electron chi connectivity index (χ2n) is 4.13. The highest BCUT2D eigenvalue weighted by Crippen LogP contribution is 2.27. The Hall–Kier alpha value is -2.69. The number of rotatable bonds is 3. The first-order chi connectivity index (χ1) is 9.81. The van der Waals surface area contributed by atoms with E-state index in [4.69, 9.17) is 6.42 Å². The van der Waals surface area contributed by atoms with Crippen molar-refractivity contribution in [3.05, 3.63) is 24.3 Å². The van der Waals surface area contributed by atoms with Crippen LogP contribution in [0, 0.1) is 12.3 Å². The summed E-state index contributed by atoms with van der Waals surface area (Å²) in [6.07, 6.45) is 0.316. The summed E-state index contributed by atoms with van der Waals surface area (Å²) in [7, 11) is 0. The van der Waals surface area contributed by atoms with Gasteiger partial charge in [-0.15, -0.1) is 25.5 Å². The number of hydrogen-bond acceptors (Lipinski definition) is 3. The smallest absolute Gasteiger partial charge is 0.406 e. The minimum absolute atomic E-state index is 0.0380. The summed E-state index contributed by atoms with van der Waals surface area (Å²) >= 11 is 0. The zero-order valence-corrected chi connectivity index (χ0v) is 10.5. The average molecular weight is 298 g/mol. The van der Waals surface area contributed by atoms with Gasteiger partial charge in [-0.2, -0.15) is 0 Å². The fourth-order valence-electron chi connectivity index (χ4n) is 1.83. The molecule has 1 heterocycles. The van der Waals surface area contributed by atoms with Crippen LogP contribution in [-0.4, -0.2) is 24.3 Å². The lowest BCUT2D eigenvalue weighted by Gasteiger charge is -2.14. The van der Waals surface area contributed by atoms with E-state index >= 15 is 0 Å². The second-order valence-corrected chi connectivity index (χ2v) is 4.13. The van der Waals surface area contributed by atoms with Crippen LogP contribution in [0.1, 0.15) is 6.42 Å². The quantitative estimate of drug-likeness (QED) is 0.686. The van der Waals surface area contributed by atoms with Crippen LogP contribution in [0.5, 0.6) is 5.75 Å². The number of anilines is 1. The Morgan fingerprint density at radius 3 is 2.43 bits per heavy atom. The highest BCUT2D eigenvalue weighted by molar-refractivity contribution is 6.21. The van der Waals surface area contributed by atoms with Crippen LogP contribution in [-0.2, 0) is 4.79 Å². The number of amides is 3. The number of halogens is 3. The van der Waals surface area contributed by atoms with Gasteiger partial charge in [0.1, 0.15) is 11.8 Å². The molecule has 1 aliphatic heterocycles. The monoisotopic (exact) mass is 298 g/mol. The third-order valence-electron chi connectivity index (χ3n) is 2.67. The maximum atomic E-state index is 12.0. The number of terminal acetylenes is 1. The molecular formula is C13H9F3N2O3. The molecule has 1 aromatic rings. The lowest BCUT2D eigenvalue weighted by Crippen LogP contribution is -2.31. The van der Waals surface area contributed by atoms with Crippen LogP contribution in [0.4, 0.5) is 23.7 Å². The van der Waals surface area contributed by atoms with Crippen molar-refractivity contribution in [2.75, 3.05) is 4.90 Å². The van der Waals surface area contributed by atoms with Gasteiger partial charge >= 0.3 is 12.4 Å². The van der Waals surface area contributed by atoms with E-state index < -0.39 is 30.1 Å². The Morgan fingerprint density at radius 2 is 1.90 bits per heavy atom. The van der Waals surface area contributed by atoms with Crippen LogP contribution in [0.15, 0.2) is 24.3 Å². The van der Waals surface area contributed by atoms with Crippen molar-refractivity contribution in [1.82, 2.24) is 5.32 Å². The second kappa shape index (κ2) is 5.36. The van der Waals surface area contributed by atoms with E-state index in [9.17, 15) is 22.8 Å². The summed E-state index contributed by atoms with van der Waals surface area (Å²) in [6.45, 7) is 0. The predicted octanol–water partition coefficient (Wildman–Crippen LogP) is 2.03. The third-order valence-corrected chi connectivity index (χ3v) is 2.67. The van der Waals surface area contributed by atoms with Crippen LogP contribution in [0.3, 0.4) is 0 Å². The van der Waals surface area contributed by atoms with Crippen molar-refractivity contribution in [3.63, 3.8) is 0 Å². The molecule has 2 rings (SSSR count). The van der Waals surface area contributed by atoms with Crippen molar-refractivity contribution in [3.8, 4) is 18.1 Å². The van der Waals surface area contributed by atoms with Gasteiger partial charge in [0.15, 0.2) is 0 Å². The van der Waals surface area contributed by atoms with Crippen LogP contribution in [0.2, 0.25) is 0 Å². The van der Waals surface area contributed by atoms with Gasteiger partial charge in [0.2, 0.25) is 0 Å². The van der Waals surface area contributed by atoms with Gasteiger partial charge in [0, 0.05) is 6.42 Å². The van der Waals surface area contributed by atoms with Crippen molar-refractivity contribution >= 4 is 17.6 Å². The topological polar surface area (TPSA) is 58.6 Å². The van der Waals surface area contributed by atoms with Crippen molar-refractivity contribution < 1.29 is 27.5 Å². The molecule has 0 bridgehead atoms. The van der Waals surface area contributed by atoms with E-state index in [-0.39, 0.29) is 12.1 Å². The van der Waals surface area contributed by atoms with Gasteiger partial charge < -0.3 is 10.1 Å². The van der Waals surface area contributed by atoms with E-state index in [0.29, 0.717) is 0 Å². The molecule has 1 unspecified atom stereocenters. The number of nitrogens with one attached hydrogen (secondary N) is 1. The first-order valence-electron chi connectivity index (χ1n) is 5.75. The van der Waals surface area contributed by atoms with Gasteiger partial charge in [-0.3, -0.25) is 4.79 Å². The molecule has 1 saturated heterocycles. The fraction of sp³-hybridized carbons (Fsp3) is 0.231. The Morgan fingerprint density at radius 1 is 1.29 bits per heavy atom. The largest absolute Gasteiger partial charge is 0.573 e. The predicted molar refractivity (Wildman–Crippen MR) is 66.4 cm³/mol. The summed E-state index contributed by atoms with van der Waals surface area (Å²) in [4.78, 5) is 24.5. The third kappa shape index (κ3) is 3.25. The highest BCUT2D eigenvalue weighted by atomic mass is 19.4. The fourth-order valence-corrected chi connectivity index (χ4v) is 1.83. The molecule has 1 aromatic carbocycles. The molecule has 5 nitrogen and oxygen atoms in total. The van der Waals surface area contributed by atoms with E-state index in [0.717, 1.165) is 17.0 Å². The number of hydrogen-bond donors (Lipinski definition) is 1. The van der Waals surface area contributed by atoms with Crippen LogP contribution in [0.25, 0.3) is 0 Å². The zero-order chi connectivity index (χ0) is 15.6. The Balaban J connectivity index is 2.17. The maximum Gasteiger partial charge on any atom is 0.573 e. The molecule has 0 aliphatic carbocycles. The molecule has 110 valence electrons. The molecule has 1 atom stereocenters. The molecule has 0 radical (unpaired) electrons.